The predicted molar refractivity (Wildman–Crippen MR) is 35.6 cm³/mol. The van der Waals surface area contributed by atoms with E-state index in [1.807, 2.05) is 0 Å². The van der Waals surface area contributed by atoms with Gasteiger partial charge in [-0.05, 0) is 0 Å². The van der Waals surface area contributed by atoms with Gasteiger partial charge in [-0.1, -0.05) is 0 Å². The van der Waals surface area contributed by atoms with E-state index in [4.69, 9.17) is 0 Å². The standard InChI is InChI=1S/C8H11.Zr/c1-6-4-7(2)8(3)5-6;/h4,8H,1-3H3;. The predicted octanol–water partition coefficient (Wildman–Crippen LogP) is 2.40. The normalized spacial score (nSPS) is 26.9. The van der Waals surface area contributed by atoms with Gasteiger partial charge in [0.05, 0.1) is 0 Å². The van der Waals surface area contributed by atoms with Crippen molar-refractivity contribution >= 4 is 0 Å². The molecule has 1 rings (SSSR count). The second-order valence-electron chi connectivity index (χ2n) is 2.71. The third-order valence-corrected chi connectivity index (χ3v) is 4.02. The van der Waals surface area contributed by atoms with Gasteiger partial charge >= 0.3 is 71.9 Å². The van der Waals surface area contributed by atoms with Crippen LogP contribution in [0.3, 0.4) is 0 Å². The van der Waals surface area contributed by atoms with Crippen LogP contribution in [0.2, 0.25) is 0 Å². The fourth-order valence-electron chi connectivity index (χ4n) is 1.11. The molecule has 1 unspecified atom stereocenters. The molecule has 0 aromatic rings. The van der Waals surface area contributed by atoms with Gasteiger partial charge in [-0.3, -0.25) is 0 Å². The minimum absolute atomic E-state index is 0.739. The van der Waals surface area contributed by atoms with Gasteiger partial charge in [0, 0.05) is 0 Å². The molecular weight excluding hydrogens is 187 g/mol. The third-order valence-electron chi connectivity index (χ3n) is 1.99. The van der Waals surface area contributed by atoms with Gasteiger partial charge in [-0.15, -0.1) is 0 Å². The van der Waals surface area contributed by atoms with E-state index < -0.39 is 0 Å². The molecule has 0 radical (unpaired) electrons. The zero-order valence-corrected chi connectivity index (χ0v) is 8.61. The molecule has 1 atom stereocenters. The van der Waals surface area contributed by atoms with Crippen LogP contribution in [-0.4, -0.2) is 0 Å². The van der Waals surface area contributed by atoms with Crippen LogP contribution in [-0.2, 0) is 24.7 Å². The van der Waals surface area contributed by atoms with Crippen molar-refractivity contribution in [2.45, 2.75) is 20.8 Å². The first-order chi connectivity index (χ1) is 4.13. The van der Waals surface area contributed by atoms with Crippen LogP contribution in [0.25, 0.3) is 0 Å². The molecule has 1 heteroatoms. The average Bonchev–Trinajstić information content (AvgIpc) is 1.98. The Hall–Kier alpha value is 0.363. The van der Waals surface area contributed by atoms with E-state index >= 15 is 0 Å². The van der Waals surface area contributed by atoms with Crippen LogP contribution in [0.1, 0.15) is 20.8 Å². The maximum absolute atomic E-state index is 2.30. The van der Waals surface area contributed by atoms with Crippen molar-refractivity contribution in [2.75, 3.05) is 0 Å². The summed E-state index contributed by atoms with van der Waals surface area (Å²) < 4.78 is 1.62. The molecule has 0 saturated heterocycles. The van der Waals surface area contributed by atoms with Crippen LogP contribution in [0.5, 0.6) is 0 Å². The van der Waals surface area contributed by atoms with Crippen LogP contribution in [0.4, 0.5) is 0 Å². The summed E-state index contributed by atoms with van der Waals surface area (Å²) in [6.07, 6.45) is 2.30. The zero-order valence-electron chi connectivity index (χ0n) is 6.15. The summed E-state index contributed by atoms with van der Waals surface area (Å²) in [6, 6.07) is 0. The number of allylic oxidation sites excluding steroid dienone is 4. The van der Waals surface area contributed by atoms with Gasteiger partial charge in [-0.2, -0.15) is 0 Å². The van der Waals surface area contributed by atoms with Gasteiger partial charge in [0.2, 0.25) is 0 Å². The van der Waals surface area contributed by atoms with Crippen LogP contribution in [0, 0.1) is 5.92 Å². The van der Waals surface area contributed by atoms with Crippen molar-refractivity contribution in [1.29, 1.82) is 0 Å². The molecular formula is C8H11Zr. The Morgan fingerprint density at radius 2 is 2.00 bits per heavy atom. The molecule has 9 heavy (non-hydrogen) atoms. The van der Waals surface area contributed by atoms with Crippen molar-refractivity contribution in [3.8, 4) is 0 Å². The Morgan fingerprint density at radius 1 is 1.44 bits per heavy atom. The summed E-state index contributed by atoms with van der Waals surface area (Å²) in [4.78, 5) is 0. The Balaban J connectivity index is 2.92. The average molecular weight is 198 g/mol. The van der Waals surface area contributed by atoms with Gasteiger partial charge < -0.3 is 0 Å². The molecule has 0 aliphatic heterocycles. The second kappa shape index (κ2) is 2.54. The molecule has 0 amide bonds. The van der Waals surface area contributed by atoms with Gasteiger partial charge in [0.15, 0.2) is 0 Å². The van der Waals surface area contributed by atoms with Gasteiger partial charge in [0.25, 0.3) is 0 Å². The fraction of sp³-hybridized carbons (Fsp3) is 0.500. The monoisotopic (exact) mass is 197 g/mol. The first-order valence-electron chi connectivity index (χ1n) is 3.23. The van der Waals surface area contributed by atoms with E-state index in [9.17, 15) is 0 Å². The van der Waals surface area contributed by atoms with Crippen LogP contribution in [0.15, 0.2) is 20.5 Å². The zero-order chi connectivity index (χ0) is 7.02. The second-order valence-corrected chi connectivity index (χ2v) is 4.03. The molecule has 1 aliphatic carbocycles. The molecule has 0 N–H and O–H groups in total. The molecule has 0 aromatic heterocycles. The topological polar surface area (TPSA) is 0 Å². The number of hydrogen-bond acceptors (Lipinski definition) is 0. The first-order valence-corrected chi connectivity index (χ1v) is 4.46. The molecule has 0 spiro atoms. The number of rotatable bonds is 0. The number of hydrogen-bond donors (Lipinski definition) is 0. The van der Waals surface area contributed by atoms with E-state index in [1.165, 1.54) is 11.1 Å². The molecule has 0 heterocycles. The van der Waals surface area contributed by atoms with E-state index in [0.717, 1.165) is 5.92 Å². The van der Waals surface area contributed by atoms with Crippen LogP contribution >= 0.6 is 0 Å². The fourth-order valence-corrected chi connectivity index (χ4v) is 1.85. The van der Waals surface area contributed by atoms with Crippen molar-refractivity contribution in [2.24, 2.45) is 5.92 Å². The molecule has 0 saturated carbocycles. The Morgan fingerprint density at radius 3 is 2.11 bits per heavy atom. The van der Waals surface area contributed by atoms with E-state index in [-0.39, 0.29) is 0 Å². The summed E-state index contributed by atoms with van der Waals surface area (Å²) in [6.45, 7) is 6.70. The Kier molecular flexibility index (Phi) is 2.11. The SMILES string of the molecule is CC1=CC(C)=[C]([Zr])C1C. The Labute approximate surface area is 71.9 Å². The van der Waals surface area contributed by atoms with E-state index in [1.54, 1.807) is 28.0 Å². The summed E-state index contributed by atoms with van der Waals surface area (Å²) in [5.41, 5.74) is 3.03. The van der Waals surface area contributed by atoms with E-state index in [0.29, 0.717) is 0 Å². The molecule has 0 fully saturated rings. The van der Waals surface area contributed by atoms with Crippen molar-refractivity contribution in [1.82, 2.24) is 0 Å². The Bertz CT molecular complexity index is 187. The molecule has 47 valence electrons. The van der Waals surface area contributed by atoms with Crippen molar-refractivity contribution in [3.05, 3.63) is 20.5 Å². The van der Waals surface area contributed by atoms with Crippen molar-refractivity contribution in [3.63, 3.8) is 0 Å². The van der Waals surface area contributed by atoms with Crippen LogP contribution < -0.4 is 0 Å². The quantitative estimate of drug-likeness (QED) is 0.561. The summed E-state index contributed by atoms with van der Waals surface area (Å²) in [7, 11) is 0. The summed E-state index contributed by atoms with van der Waals surface area (Å²) in [5.74, 6) is 0.739. The van der Waals surface area contributed by atoms with Gasteiger partial charge in [-0.25, -0.2) is 0 Å². The molecule has 0 aromatic carbocycles. The molecule has 0 nitrogen and oxygen atoms in total. The molecule has 1 aliphatic rings. The van der Waals surface area contributed by atoms with Crippen molar-refractivity contribution < 1.29 is 24.7 Å². The maximum atomic E-state index is 2.30. The minimum atomic E-state index is 0.739. The first kappa shape index (κ1) is 7.47. The third kappa shape index (κ3) is 1.26. The summed E-state index contributed by atoms with van der Waals surface area (Å²) in [5, 5.41) is 0. The van der Waals surface area contributed by atoms with Gasteiger partial charge in [0.1, 0.15) is 0 Å². The van der Waals surface area contributed by atoms with E-state index in [2.05, 4.69) is 26.8 Å². The molecule has 0 bridgehead atoms. The summed E-state index contributed by atoms with van der Waals surface area (Å²) >= 11 is 1.58.